The molecule has 17 heavy (non-hydrogen) atoms. The van der Waals surface area contributed by atoms with E-state index in [9.17, 15) is 13.5 Å². The van der Waals surface area contributed by atoms with Gasteiger partial charge in [0.2, 0.25) is 0 Å². The molecule has 5 nitrogen and oxygen atoms in total. The van der Waals surface area contributed by atoms with Crippen molar-refractivity contribution >= 4 is 9.84 Å². The van der Waals surface area contributed by atoms with E-state index in [4.69, 9.17) is 0 Å². The maximum Gasteiger partial charge on any atom is 0.151 e. The number of aliphatic hydroxyl groups excluding tert-OH is 1. The highest BCUT2D eigenvalue weighted by molar-refractivity contribution is 7.91. The minimum atomic E-state index is -2.82. The molecule has 102 valence electrons. The van der Waals surface area contributed by atoms with E-state index in [-0.39, 0.29) is 24.4 Å². The van der Waals surface area contributed by atoms with Crippen molar-refractivity contribution in [1.82, 2.24) is 10.2 Å². The largest absolute Gasteiger partial charge is 0.395 e. The topological polar surface area (TPSA) is 69.6 Å². The van der Waals surface area contributed by atoms with Gasteiger partial charge in [0.05, 0.1) is 18.1 Å². The van der Waals surface area contributed by atoms with Crippen LogP contribution in [-0.4, -0.2) is 68.8 Å². The monoisotopic (exact) mass is 264 g/mol. The molecule has 0 radical (unpaired) electrons. The molecule has 0 aliphatic carbocycles. The zero-order chi connectivity index (χ0) is 12.9. The lowest BCUT2D eigenvalue weighted by Gasteiger charge is -2.27. The van der Waals surface area contributed by atoms with Crippen molar-refractivity contribution < 1.29 is 13.5 Å². The summed E-state index contributed by atoms with van der Waals surface area (Å²) in [7, 11) is -0.892. The first kappa shape index (κ1) is 14.9. The highest BCUT2D eigenvalue weighted by Gasteiger charge is 2.31. The molecule has 0 aromatic carbocycles. The second kappa shape index (κ2) is 6.68. The van der Waals surface area contributed by atoms with Gasteiger partial charge in [0.15, 0.2) is 9.84 Å². The average molecular weight is 264 g/mol. The third kappa shape index (κ3) is 4.91. The predicted molar refractivity (Wildman–Crippen MR) is 68.9 cm³/mol. The molecular weight excluding hydrogens is 240 g/mol. The number of aliphatic hydroxyl groups is 1. The summed E-state index contributed by atoms with van der Waals surface area (Å²) < 4.78 is 22.8. The Hall–Kier alpha value is -0.170. The molecule has 1 heterocycles. The summed E-state index contributed by atoms with van der Waals surface area (Å²) in [6, 6.07) is 0.140. The molecule has 0 spiro atoms. The maximum atomic E-state index is 11.4. The Morgan fingerprint density at radius 3 is 2.71 bits per heavy atom. The standard InChI is InChI=1S/C11H24N2O3S/c1-3-5-12-10(8-14)7-13(2)11-4-6-17(15,16)9-11/h10-12,14H,3-9H2,1-2H3. The molecule has 1 aliphatic heterocycles. The molecule has 1 saturated heterocycles. The number of rotatable bonds is 7. The Balaban J connectivity index is 2.39. The van der Waals surface area contributed by atoms with E-state index in [0.29, 0.717) is 18.7 Å². The summed E-state index contributed by atoms with van der Waals surface area (Å²) >= 11 is 0. The molecular formula is C11H24N2O3S. The Morgan fingerprint density at radius 2 is 2.24 bits per heavy atom. The average Bonchev–Trinajstić information content (AvgIpc) is 2.64. The minimum absolute atomic E-state index is 0.0308. The molecule has 2 atom stereocenters. The molecule has 0 aromatic heterocycles. The first-order valence-electron chi connectivity index (χ1n) is 6.23. The fourth-order valence-electron chi connectivity index (χ4n) is 2.16. The van der Waals surface area contributed by atoms with Gasteiger partial charge in [-0.3, -0.25) is 0 Å². The summed E-state index contributed by atoms with van der Waals surface area (Å²) in [5, 5.41) is 12.5. The van der Waals surface area contributed by atoms with Crippen LogP contribution in [-0.2, 0) is 9.84 Å². The highest BCUT2D eigenvalue weighted by atomic mass is 32.2. The van der Waals surface area contributed by atoms with Crippen molar-refractivity contribution in [3.05, 3.63) is 0 Å². The van der Waals surface area contributed by atoms with Crippen LogP contribution in [0.4, 0.5) is 0 Å². The van der Waals surface area contributed by atoms with Crippen molar-refractivity contribution in [3.63, 3.8) is 0 Å². The molecule has 0 bridgehead atoms. The molecule has 6 heteroatoms. The lowest BCUT2D eigenvalue weighted by Crippen LogP contribution is -2.46. The van der Waals surface area contributed by atoms with Gasteiger partial charge < -0.3 is 15.3 Å². The number of hydrogen-bond acceptors (Lipinski definition) is 5. The van der Waals surface area contributed by atoms with Crippen LogP contribution in [0, 0.1) is 0 Å². The molecule has 1 fully saturated rings. The summed E-state index contributed by atoms with van der Waals surface area (Å²) in [6.45, 7) is 3.73. The SMILES string of the molecule is CCCNC(CO)CN(C)C1CCS(=O)(=O)C1. The van der Waals surface area contributed by atoms with Gasteiger partial charge in [-0.2, -0.15) is 0 Å². The van der Waals surface area contributed by atoms with Crippen LogP contribution in [0.3, 0.4) is 0 Å². The van der Waals surface area contributed by atoms with Gasteiger partial charge in [-0.1, -0.05) is 6.92 Å². The molecule has 0 aromatic rings. The first-order valence-corrected chi connectivity index (χ1v) is 8.05. The van der Waals surface area contributed by atoms with Crippen molar-refractivity contribution in [2.24, 2.45) is 0 Å². The second-order valence-corrected chi connectivity index (χ2v) is 7.06. The van der Waals surface area contributed by atoms with Gasteiger partial charge in [-0.25, -0.2) is 8.42 Å². The van der Waals surface area contributed by atoms with Crippen LogP contribution in [0.5, 0.6) is 0 Å². The highest BCUT2D eigenvalue weighted by Crippen LogP contribution is 2.16. The first-order chi connectivity index (χ1) is 7.98. The number of sulfone groups is 1. The normalized spacial score (nSPS) is 25.3. The van der Waals surface area contributed by atoms with Gasteiger partial charge in [-0.15, -0.1) is 0 Å². The van der Waals surface area contributed by atoms with Gasteiger partial charge in [0, 0.05) is 18.6 Å². The summed E-state index contributed by atoms with van der Waals surface area (Å²) in [4.78, 5) is 2.05. The molecule has 1 rings (SSSR count). The quantitative estimate of drug-likeness (QED) is 0.647. The summed E-state index contributed by atoms with van der Waals surface area (Å²) in [6.07, 6.45) is 1.74. The van der Waals surface area contributed by atoms with E-state index < -0.39 is 9.84 Å². The summed E-state index contributed by atoms with van der Waals surface area (Å²) in [5.74, 6) is 0.559. The van der Waals surface area contributed by atoms with Crippen LogP contribution >= 0.6 is 0 Å². The van der Waals surface area contributed by atoms with E-state index >= 15 is 0 Å². The van der Waals surface area contributed by atoms with E-state index in [1.165, 1.54) is 0 Å². The fourth-order valence-corrected chi connectivity index (χ4v) is 3.96. The third-order valence-electron chi connectivity index (χ3n) is 3.24. The Bertz CT molecular complexity index is 319. The number of nitrogens with zero attached hydrogens (tertiary/aromatic N) is 1. The van der Waals surface area contributed by atoms with Gasteiger partial charge in [0.25, 0.3) is 0 Å². The van der Waals surface area contributed by atoms with Gasteiger partial charge in [0.1, 0.15) is 0 Å². The second-order valence-electron chi connectivity index (χ2n) is 4.83. The Kier molecular flexibility index (Phi) is 5.85. The number of nitrogens with one attached hydrogen (secondary N) is 1. The van der Waals surface area contributed by atoms with Crippen LogP contribution < -0.4 is 5.32 Å². The van der Waals surface area contributed by atoms with E-state index in [0.717, 1.165) is 13.0 Å². The maximum absolute atomic E-state index is 11.4. The lowest BCUT2D eigenvalue weighted by molar-refractivity contribution is 0.176. The molecule has 0 amide bonds. The van der Waals surface area contributed by atoms with Crippen molar-refractivity contribution in [2.45, 2.75) is 31.8 Å². The fraction of sp³-hybridized carbons (Fsp3) is 1.00. The van der Waals surface area contributed by atoms with Crippen molar-refractivity contribution in [2.75, 3.05) is 38.2 Å². The van der Waals surface area contributed by atoms with Crippen molar-refractivity contribution in [3.8, 4) is 0 Å². The van der Waals surface area contributed by atoms with E-state index in [1.54, 1.807) is 0 Å². The number of hydrogen-bond donors (Lipinski definition) is 2. The van der Waals surface area contributed by atoms with E-state index in [1.807, 2.05) is 11.9 Å². The van der Waals surface area contributed by atoms with Crippen LogP contribution in [0.1, 0.15) is 19.8 Å². The van der Waals surface area contributed by atoms with Crippen molar-refractivity contribution in [1.29, 1.82) is 0 Å². The number of likely N-dealkylation sites (N-methyl/N-ethyl adjacent to an activating group) is 1. The Morgan fingerprint density at radius 1 is 1.53 bits per heavy atom. The Labute approximate surface area is 104 Å². The smallest absolute Gasteiger partial charge is 0.151 e. The summed E-state index contributed by atoms with van der Waals surface area (Å²) in [5.41, 5.74) is 0. The molecule has 2 N–H and O–H groups in total. The lowest BCUT2D eigenvalue weighted by atomic mass is 10.2. The van der Waals surface area contributed by atoms with Crippen LogP contribution in [0.15, 0.2) is 0 Å². The molecule has 2 unspecified atom stereocenters. The minimum Gasteiger partial charge on any atom is -0.395 e. The van der Waals surface area contributed by atoms with Crippen LogP contribution in [0.25, 0.3) is 0 Å². The van der Waals surface area contributed by atoms with Crippen LogP contribution in [0.2, 0.25) is 0 Å². The molecule has 1 aliphatic rings. The molecule has 0 saturated carbocycles. The van der Waals surface area contributed by atoms with Gasteiger partial charge >= 0.3 is 0 Å². The predicted octanol–water partition coefficient (Wildman–Crippen LogP) is -0.534. The zero-order valence-corrected chi connectivity index (χ0v) is 11.5. The third-order valence-corrected chi connectivity index (χ3v) is 4.99. The zero-order valence-electron chi connectivity index (χ0n) is 10.7. The van der Waals surface area contributed by atoms with Gasteiger partial charge in [-0.05, 0) is 26.4 Å². The van der Waals surface area contributed by atoms with E-state index in [2.05, 4.69) is 12.2 Å².